The molecule has 0 aliphatic carbocycles. The highest BCUT2D eigenvalue weighted by atomic mass is 35.5. The molecule has 2 aliphatic rings. The Labute approximate surface area is 155 Å². The van der Waals surface area contributed by atoms with E-state index in [0.717, 1.165) is 0 Å². The lowest BCUT2D eigenvalue weighted by Gasteiger charge is -2.25. The topological polar surface area (TPSA) is 66.8 Å². The van der Waals surface area contributed by atoms with Crippen LogP contribution >= 0.6 is 35.0 Å². The van der Waals surface area contributed by atoms with E-state index in [4.69, 9.17) is 23.2 Å². The molecule has 3 rings (SSSR count). The summed E-state index contributed by atoms with van der Waals surface area (Å²) in [7, 11) is -3.09. The minimum Gasteiger partial charge on any atom is -0.316 e. The van der Waals surface area contributed by atoms with Gasteiger partial charge in [0.15, 0.2) is 15.0 Å². The van der Waals surface area contributed by atoms with Crippen molar-refractivity contribution in [2.45, 2.75) is 25.1 Å². The van der Waals surface area contributed by atoms with E-state index >= 15 is 0 Å². The molecule has 1 aromatic carbocycles. The van der Waals surface area contributed by atoms with Crippen molar-refractivity contribution in [2.75, 3.05) is 16.4 Å². The van der Waals surface area contributed by atoms with Gasteiger partial charge in [-0.2, -0.15) is 4.99 Å². The number of carbonyl (C=O) groups excluding carboxylic acids is 1. The minimum absolute atomic E-state index is 0.0415. The lowest BCUT2D eigenvalue weighted by Crippen LogP contribution is -2.37. The summed E-state index contributed by atoms with van der Waals surface area (Å²) in [5.74, 6) is -0.321. The van der Waals surface area contributed by atoms with Crippen LogP contribution in [0.4, 0.5) is 5.69 Å². The number of fused-ring (bicyclic) bond motifs is 1. The quantitative estimate of drug-likeness (QED) is 0.753. The van der Waals surface area contributed by atoms with Crippen LogP contribution in [0.5, 0.6) is 0 Å². The van der Waals surface area contributed by atoms with Gasteiger partial charge in [0.25, 0.3) is 5.91 Å². The Kier molecular flexibility index (Phi) is 4.90. The fourth-order valence-corrected chi connectivity index (χ4v) is 6.94. The third kappa shape index (κ3) is 3.45. The second-order valence-electron chi connectivity index (χ2n) is 6.16. The van der Waals surface area contributed by atoms with Crippen LogP contribution in [0.3, 0.4) is 0 Å². The highest BCUT2D eigenvalue weighted by Gasteiger charge is 2.49. The normalized spacial score (nSPS) is 27.0. The average molecular weight is 407 g/mol. The number of nitrogens with zero attached hydrogens (tertiary/aromatic N) is 2. The van der Waals surface area contributed by atoms with Crippen molar-refractivity contribution in [3.63, 3.8) is 0 Å². The van der Waals surface area contributed by atoms with Gasteiger partial charge in [-0.15, -0.1) is 0 Å². The molecule has 2 fully saturated rings. The van der Waals surface area contributed by atoms with Gasteiger partial charge in [0.2, 0.25) is 0 Å². The molecule has 2 aliphatic heterocycles. The number of amides is 1. The molecule has 0 spiro atoms. The number of anilines is 1. The number of thioether (sulfide) groups is 1. The van der Waals surface area contributed by atoms with E-state index in [-0.39, 0.29) is 34.6 Å². The monoisotopic (exact) mass is 406 g/mol. The van der Waals surface area contributed by atoms with E-state index in [0.29, 0.717) is 20.9 Å². The summed E-state index contributed by atoms with van der Waals surface area (Å²) >= 11 is 13.4. The molecule has 5 nitrogen and oxygen atoms in total. The lowest BCUT2D eigenvalue weighted by atomic mass is 10.2. The molecular formula is C15H16Cl2N2O3S2. The van der Waals surface area contributed by atoms with Crippen molar-refractivity contribution in [1.82, 2.24) is 0 Å². The summed E-state index contributed by atoms with van der Waals surface area (Å²) in [6, 6.07) is 4.84. The molecule has 1 amide bonds. The highest BCUT2D eigenvalue weighted by molar-refractivity contribution is 8.16. The van der Waals surface area contributed by atoms with Gasteiger partial charge < -0.3 is 4.90 Å². The molecule has 2 heterocycles. The number of halogens is 2. The Morgan fingerprint density at radius 3 is 2.62 bits per heavy atom. The first-order valence-electron chi connectivity index (χ1n) is 7.42. The van der Waals surface area contributed by atoms with Crippen LogP contribution in [0, 0.1) is 5.92 Å². The number of amidine groups is 1. The summed E-state index contributed by atoms with van der Waals surface area (Å²) in [4.78, 5) is 18.1. The molecule has 130 valence electrons. The summed E-state index contributed by atoms with van der Waals surface area (Å²) < 4.78 is 24.0. The van der Waals surface area contributed by atoms with Gasteiger partial charge >= 0.3 is 0 Å². The van der Waals surface area contributed by atoms with Crippen molar-refractivity contribution >= 4 is 61.6 Å². The fourth-order valence-electron chi connectivity index (χ4n) is 2.72. The molecule has 0 aromatic heterocycles. The second-order valence-corrected chi connectivity index (χ2v) is 10.3. The molecule has 0 saturated carbocycles. The summed E-state index contributed by atoms with van der Waals surface area (Å²) in [5, 5.41) is 1.18. The fraction of sp³-hybridized carbons (Fsp3) is 0.467. The average Bonchev–Trinajstić information content (AvgIpc) is 2.93. The SMILES string of the molecule is CC(C)C(=O)N=C1S[C@@H]2CS(=O)(=O)C[C@H]2N1c1ccc(Cl)c(Cl)c1. The summed E-state index contributed by atoms with van der Waals surface area (Å²) in [5.41, 5.74) is 0.691. The number of rotatable bonds is 2. The van der Waals surface area contributed by atoms with Crippen molar-refractivity contribution in [3.8, 4) is 0 Å². The molecule has 24 heavy (non-hydrogen) atoms. The smallest absolute Gasteiger partial charge is 0.250 e. The minimum atomic E-state index is -3.09. The van der Waals surface area contributed by atoms with Crippen molar-refractivity contribution < 1.29 is 13.2 Å². The van der Waals surface area contributed by atoms with Crippen LogP contribution in [-0.4, -0.2) is 42.3 Å². The van der Waals surface area contributed by atoms with Crippen molar-refractivity contribution in [1.29, 1.82) is 0 Å². The molecule has 0 bridgehead atoms. The van der Waals surface area contributed by atoms with E-state index in [2.05, 4.69) is 4.99 Å². The second kappa shape index (κ2) is 6.52. The van der Waals surface area contributed by atoms with Crippen LogP contribution in [0.25, 0.3) is 0 Å². The summed E-state index contributed by atoms with van der Waals surface area (Å²) in [6.45, 7) is 3.56. The maximum Gasteiger partial charge on any atom is 0.250 e. The Hall–Kier alpha value is -0.760. The number of benzene rings is 1. The molecule has 0 N–H and O–H groups in total. The van der Waals surface area contributed by atoms with E-state index < -0.39 is 9.84 Å². The first-order chi connectivity index (χ1) is 11.2. The van der Waals surface area contributed by atoms with Crippen molar-refractivity contribution in [3.05, 3.63) is 28.2 Å². The van der Waals surface area contributed by atoms with Gasteiger partial charge in [0.05, 0.1) is 27.6 Å². The van der Waals surface area contributed by atoms with E-state index in [1.807, 2.05) is 4.90 Å². The Bertz CT molecular complexity index is 824. The van der Waals surface area contributed by atoms with Crippen LogP contribution < -0.4 is 4.90 Å². The maximum absolute atomic E-state index is 12.1. The van der Waals surface area contributed by atoms with Gasteiger partial charge in [-0.3, -0.25) is 4.79 Å². The number of hydrogen-bond acceptors (Lipinski definition) is 4. The van der Waals surface area contributed by atoms with Gasteiger partial charge in [0, 0.05) is 16.9 Å². The molecule has 0 unspecified atom stereocenters. The number of sulfone groups is 1. The first-order valence-corrected chi connectivity index (χ1v) is 10.9. The third-order valence-electron chi connectivity index (χ3n) is 3.95. The zero-order valence-corrected chi connectivity index (χ0v) is 16.2. The Morgan fingerprint density at radius 2 is 2.00 bits per heavy atom. The number of aliphatic imine (C=N–C) groups is 1. The molecule has 0 radical (unpaired) electrons. The standard InChI is InChI=1S/C15H16Cl2N2O3S2/c1-8(2)14(20)18-15-19(9-3-4-10(16)11(17)5-9)12-6-24(21,22)7-13(12)23-15/h3-5,8,12-13H,6-7H2,1-2H3/t12-,13-/m1/s1. The largest absolute Gasteiger partial charge is 0.316 e. The first kappa shape index (κ1) is 18.0. The van der Waals surface area contributed by atoms with Crippen LogP contribution in [-0.2, 0) is 14.6 Å². The molecule has 2 atom stereocenters. The zero-order chi connectivity index (χ0) is 17.6. The Balaban J connectivity index is 2.04. The highest BCUT2D eigenvalue weighted by Crippen LogP contribution is 2.42. The predicted octanol–water partition coefficient (Wildman–Crippen LogP) is 3.25. The number of carbonyl (C=O) groups is 1. The lowest BCUT2D eigenvalue weighted by molar-refractivity contribution is -0.120. The third-order valence-corrected chi connectivity index (χ3v) is 7.90. The van der Waals surface area contributed by atoms with E-state index in [1.165, 1.54) is 11.8 Å². The molecule has 9 heteroatoms. The van der Waals surface area contributed by atoms with Gasteiger partial charge in [-0.1, -0.05) is 48.8 Å². The van der Waals surface area contributed by atoms with E-state index in [1.54, 1.807) is 32.0 Å². The molecule has 1 aromatic rings. The van der Waals surface area contributed by atoms with Gasteiger partial charge in [0.1, 0.15) is 0 Å². The number of hydrogen-bond donors (Lipinski definition) is 0. The predicted molar refractivity (Wildman–Crippen MR) is 100 cm³/mol. The summed E-state index contributed by atoms with van der Waals surface area (Å²) in [6.07, 6.45) is 0. The molecule has 2 saturated heterocycles. The van der Waals surface area contributed by atoms with Gasteiger partial charge in [-0.25, -0.2) is 8.42 Å². The van der Waals surface area contributed by atoms with Crippen LogP contribution in [0.15, 0.2) is 23.2 Å². The van der Waals surface area contributed by atoms with Crippen LogP contribution in [0.2, 0.25) is 10.0 Å². The maximum atomic E-state index is 12.1. The molecular weight excluding hydrogens is 391 g/mol. The van der Waals surface area contributed by atoms with Crippen LogP contribution in [0.1, 0.15) is 13.8 Å². The van der Waals surface area contributed by atoms with E-state index in [9.17, 15) is 13.2 Å². The Morgan fingerprint density at radius 1 is 1.29 bits per heavy atom. The zero-order valence-electron chi connectivity index (χ0n) is 13.1. The van der Waals surface area contributed by atoms with Crippen molar-refractivity contribution in [2.24, 2.45) is 10.9 Å². The van der Waals surface area contributed by atoms with Gasteiger partial charge in [-0.05, 0) is 18.2 Å².